The third kappa shape index (κ3) is 5.46. The van der Waals surface area contributed by atoms with Gasteiger partial charge in [-0.05, 0) is 43.3 Å². The molecule has 0 spiro atoms. The molecule has 1 fully saturated rings. The van der Waals surface area contributed by atoms with E-state index in [-0.39, 0.29) is 28.9 Å². The van der Waals surface area contributed by atoms with Crippen LogP contribution < -0.4 is 16.4 Å². The molecule has 1 saturated carbocycles. The summed E-state index contributed by atoms with van der Waals surface area (Å²) >= 11 is 5.00. The summed E-state index contributed by atoms with van der Waals surface area (Å²) in [5.74, 6) is 0. The van der Waals surface area contributed by atoms with Crippen LogP contribution in [0.25, 0.3) is 0 Å². The minimum absolute atomic E-state index is 0.0604. The van der Waals surface area contributed by atoms with Gasteiger partial charge >= 0.3 is 12.4 Å². The van der Waals surface area contributed by atoms with Crippen molar-refractivity contribution >= 4 is 23.0 Å². The van der Waals surface area contributed by atoms with Gasteiger partial charge in [-0.15, -0.1) is 0 Å². The molecule has 3 nitrogen and oxygen atoms in total. The molecule has 0 aliphatic heterocycles. The fourth-order valence-electron chi connectivity index (χ4n) is 2.70. The van der Waals surface area contributed by atoms with Crippen molar-refractivity contribution in [2.24, 2.45) is 5.73 Å². The van der Waals surface area contributed by atoms with Crippen LogP contribution in [0.15, 0.2) is 18.2 Å². The molecule has 25 heavy (non-hydrogen) atoms. The summed E-state index contributed by atoms with van der Waals surface area (Å²) in [7, 11) is 0. The predicted octanol–water partition coefficient (Wildman–Crippen LogP) is 4.28. The zero-order valence-electron chi connectivity index (χ0n) is 13.0. The first-order chi connectivity index (χ1) is 11.5. The Balaban J connectivity index is 2.18. The maximum absolute atomic E-state index is 12.8. The van der Waals surface area contributed by atoms with Crippen molar-refractivity contribution in [2.75, 3.05) is 5.32 Å². The molecule has 1 aromatic rings. The Morgan fingerprint density at radius 2 is 1.48 bits per heavy atom. The van der Waals surface area contributed by atoms with Gasteiger partial charge in [-0.1, -0.05) is 12.8 Å². The lowest BCUT2D eigenvalue weighted by Gasteiger charge is -2.30. The zero-order chi connectivity index (χ0) is 18.8. The molecule has 1 aromatic carbocycles. The van der Waals surface area contributed by atoms with Gasteiger partial charge in [0.25, 0.3) is 0 Å². The van der Waals surface area contributed by atoms with Gasteiger partial charge in [-0.25, -0.2) is 0 Å². The van der Waals surface area contributed by atoms with Crippen LogP contribution in [0, 0.1) is 0 Å². The van der Waals surface area contributed by atoms with Crippen molar-refractivity contribution < 1.29 is 26.3 Å². The van der Waals surface area contributed by atoms with E-state index in [2.05, 4.69) is 10.6 Å². The van der Waals surface area contributed by atoms with Crippen LogP contribution in [-0.2, 0) is 12.4 Å². The standard InChI is InChI=1S/C15H17F6N3S/c16-14(17,18)8-5-9(15(19,20)21)7-10(6-8)23-13(25)24-12-4-2-1-3-11(12)22/h5-7,11-12H,1-4,22H2,(H2,23,24,25)/t11-,12?/m1/s1. The van der Waals surface area contributed by atoms with Gasteiger partial charge in [0.1, 0.15) is 0 Å². The second kappa shape index (κ2) is 7.36. The fourth-order valence-corrected chi connectivity index (χ4v) is 2.97. The largest absolute Gasteiger partial charge is 0.416 e. The number of hydrogen-bond acceptors (Lipinski definition) is 2. The van der Waals surface area contributed by atoms with Gasteiger partial charge in [-0.2, -0.15) is 26.3 Å². The van der Waals surface area contributed by atoms with Crippen molar-refractivity contribution in [2.45, 2.75) is 50.1 Å². The van der Waals surface area contributed by atoms with E-state index in [9.17, 15) is 26.3 Å². The van der Waals surface area contributed by atoms with E-state index < -0.39 is 23.5 Å². The first-order valence-corrected chi connectivity index (χ1v) is 8.00. The SMILES string of the molecule is N[C@@H]1CCCCC1NC(=S)Nc1cc(C(F)(F)F)cc(C(F)(F)F)c1. The van der Waals surface area contributed by atoms with Gasteiger partial charge in [0.05, 0.1) is 11.1 Å². The van der Waals surface area contributed by atoms with E-state index >= 15 is 0 Å². The lowest BCUT2D eigenvalue weighted by Crippen LogP contribution is -2.50. The normalized spacial score (nSPS) is 21.7. The third-order valence-corrected chi connectivity index (χ3v) is 4.20. The Labute approximate surface area is 146 Å². The lowest BCUT2D eigenvalue weighted by molar-refractivity contribution is -0.143. The molecule has 1 unspecified atom stereocenters. The van der Waals surface area contributed by atoms with Crippen molar-refractivity contribution in [3.8, 4) is 0 Å². The lowest BCUT2D eigenvalue weighted by atomic mass is 9.91. The average Bonchev–Trinajstić information content (AvgIpc) is 2.47. The van der Waals surface area contributed by atoms with Crippen LogP contribution in [-0.4, -0.2) is 17.2 Å². The highest BCUT2D eigenvalue weighted by Crippen LogP contribution is 2.37. The minimum Gasteiger partial charge on any atom is -0.358 e. The Kier molecular flexibility index (Phi) is 5.82. The number of nitrogens with one attached hydrogen (secondary N) is 2. The summed E-state index contributed by atoms with van der Waals surface area (Å²) in [6, 6.07) is 0.912. The summed E-state index contributed by atoms with van der Waals surface area (Å²) in [4.78, 5) is 0. The molecule has 1 aliphatic rings. The number of rotatable bonds is 2. The van der Waals surface area contributed by atoms with Crippen LogP contribution in [0.3, 0.4) is 0 Å². The molecule has 0 radical (unpaired) electrons. The van der Waals surface area contributed by atoms with Crippen LogP contribution in [0.1, 0.15) is 36.8 Å². The molecule has 4 N–H and O–H groups in total. The fraction of sp³-hybridized carbons (Fsp3) is 0.533. The third-order valence-electron chi connectivity index (χ3n) is 3.98. The summed E-state index contributed by atoms with van der Waals surface area (Å²) < 4.78 is 77.0. The van der Waals surface area contributed by atoms with Crippen molar-refractivity contribution in [1.82, 2.24) is 5.32 Å². The molecule has 2 atom stereocenters. The number of thiocarbonyl (C=S) groups is 1. The summed E-state index contributed by atoms with van der Waals surface area (Å²) in [6.07, 6.45) is -6.39. The second-order valence-corrected chi connectivity index (χ2v) is 6.36. The smallest absolute Gasteiger partial charge is 0.358 e. The molecule has 0 heterocycles. The van der Waals surface area contributed by atoms with E-state index in [1.807, 2.05) is 0 Å². The number of nitrogens with two attached hydrogens (primary N) is 1. The number of benzene rings is 1. The van der Waals surface area contributed by atoms with Gasteiger partial charge in [0, 0.05) is 17.8 Å². The zero-order valence-corrected chi connectivity index (χ0v) is 13.8. The Hall–Kier alpha value is -1.55. The Morgan fingerprint density at radius 3 is 1.96 bits per heavy atom. The van der Waals surface area contributed by atoms with Crippen LogP contribution in [0.4, 0.5) is 32.0 Å². The molecular formula is C15H17F6N3S. The summed E-state index contributed by atoms with van der Waals surface area (Å²) in [6.45, 7) is 0. The highest BCUT2D eigenvalue weighted by atomic mass is 32.1. The molecule has 1 aliphatic carbocycles. The molecule has 0 amide bonds. The van der Waals surface area contributed by atoms with Crippen molar-refractivity contribution in [3.63, 3.8) is 0 Å². The van der Waals surface area contributed by atoms with E-state index in [0.29, 0.717) is 12.1 Å². The highest BCUT2D eigenvalue weighted by molar-refractivity contribution is 7.80. The maximum Gasteiger partial charge on any atom is 0.416 e. The number of hydrogen-bond donors (Lipinski definition) is 3. The second-order valence-electron chi connectivity index (χ2n) is 5.95. The number of halogens is 6. The maximum atomic E-state index is 12.8. The molecule has 0 bridgehead atoms. The van der Waals surface area contributed by atoms with Crippen LogP contribution >= 0.6 is 12.2 Å². The van der Waals surface area contributed by atoms with Crippen molar-refractivity contribution in [1.29, 1.82) is 0 Å². The Morgan fingerprint density at radius 1 is 0.960 bits per heavy atom. The van der Waals surface area contributed by atoms with Gasteiger partial charge in [0.15, 0.2) is 5.11 Å². The van der Waals surface area contributed by atoms with E-state index in [1.165, 1.54) is 0 Å². The van der Waals surface area contributed by atoms with Crippen molar-refractivity contribution in [3.05, 3.63) is 29.3 Å². The predicted molar refractivity (Wildman–Crippen MR) is 86.0 cm³/mol. The van der Waals surface area contributed by atoms with E-state index in [1.54, 1.807) is 0 Å². The highest BCUT2D eigenvalue weighted by Gasteiger charge is 2.37. The molecule has 0 saturated heterocycles. The van der Waals surface area contributed by atoms with Crippen LogP contribution in [0.2, 0.25) is 0 Å². The minimum atomic E-state index is -4.90. The first kappa shape index (κ1) is 19.8. The van der Waals surface area contributed by atoms with Gasteiger partial charge < -0.3 is 16.4 Å². The monoisotopic (exact) mass is 385 g/mol. The molecule has 2 rings (SSSR count). The quantitative estimate of drug-likeness (QED) is 0.525. The summed E-state index contributed by atoms with van der Waals surface area (Å²) in [5, 5.41) is 5.21. The molecule has 10 heteroatoms. The molecule has 140 valence electrons. The van der Waals surface area contributed by atoms with E-state index in [4.69, 9.17) is 18.0 Å². The first-order valence-electron chi connectivity index (χ1n) is 7.59. The summed E-state index contributed by atoms with van der Waals surface area (Å²) in [5.41, 5.74) is 2.75. The topological polar surface area (TPSA) is 50.1 Å². The molecule has 0 aromatic heterocycles. The van der Waals surface area contributed by atoms with Gasteiger partial charge in [0.2, 0.25) is 0 Å². The Bertz CT molecular complexity index is 596. The van der Waals surface area contributed by atoms with E-state index in [0.717, 1.165) is 25.7 Å². The molecular weight excluding hydrogens is 368 g/mol. The average molecular weight is 385 g/mol. The van der Waals surface area contributed by atoms with Crippen LogP contribution in [0.5, 0.6) is 0 Å². The van der Waals surface area contributed by atoms with Gasteiger partial charge in [-0.3, -0.25) is 0 Å². The number of alkyl halides is 6. The number of anilines is 1.